The summed E-state index contributed by atoms with van der Waals surface area (Å²) in [7, 11) is 1.72. The van der Waals surface area contributed by atoms with E-state index in [0.717, 1.165) is 18.3 Å². The van der Waals surface area contributed by atoms with E-state index in [1.807, 2.05) is 0 Å². The van der Waals surface area contributed by atoms with E-state index in [1.54, 1.807) is 35.9 Å². The lowest BCUT2D eigenvalue weighted by Crippen LogP contribution is -2.19. The monoisotopic (exact) mass is 603 g/mol. The lowest BCUT2D eigenvalue weighted by atomic mass is 9.97. The number of ether oxygens (including phenoxy) is 1. The molecular weight excluding hydrogens is 583 g/mol. The number of rotatable bonds is 8. The van der Waals surface area contributed by atoms with Crippen LogP contribution in [0.5, 0.6) is 11.8 Å². The molecule has 0 aliphatic carbocycles. The van der Waals surface area contributed by atoms with E-state index in [4.69, 9.17) is 22.1 Å². The highest BCUT2D eigenvalue weighted by Crippen LogP contribution is 2.46. The maximum atomic E-state index is 15.5. The Morgan fingerprint density at radius 1 is 1.26 bits per heavy atom. The molecule has 5 aromatic rings. The van der Waals surface area contributed by atoms with Gasteiger partial charge in [0.05, 0.1) is 27.2 Å². The zero-order chi connectivity index (χ0) is 30.8. The van der Waals surface area contributed by atoms with Crippen molar-refractivity contribution in [2.75, 3.05) is 5.73 Å². The molecule has 0 saturated heterocycles. The van der Waals surface area contributed by atoms with Crippen molar-refractivity contribution < 1.29 is 22.7 Å². The van der Waals surface area contributed by atoms with E-state index in [2.05, 4.69) is 32.9 Å². The van der Waals surface area contributed by atoms with Crippen LogP contribution < -0.4 is 15.8 Å². The van der Waals surface area contributed by atoms with Gasteiger partial charge in [0.2, 0.25) is 5.91 Å². The number of nitrogen functional groups attached to an aromatic ring is 1. The second kappa shape index (κ2) is 11.8. The summed E-state index contributed by atoms with van der Waals surface area (Å²) in [5.41, 5.74) is 8.99. The average molecular weight is 604 g/mol. The number of amides is 1. The number of hydrogen-bond donors (Lipinski definition) is 2. The summed E-state index contributed by atoms with van der Waals surface area (Å²) in [6.45, 7) is 3.64. The van der Waals surface area contributed by atoms with Crippen LogP contribution in [0.1, 0.15) is 23.2 Å². The predicted molar refractivity (Wildman–Crippen MR) is 155 cm³/mol. The lowest BCUT2D eigenvalue weighted by Gasteiger charge is -2.13. The molecule has 0 bridgehead atoms. The molecule has 1 amide bonds. The van der Waals surface area contributed by atoms with Crippen molar-refractivity contribution in [3.05, 3.63) is 95.2 Å². The van der Waals surface area contributed by atoms with Gasteiger partial charge in [0.15, 0.2) is 11.6 Å². The van der Waals surface area contributed by atoms with Crippen molar-refractivity contribution in [3.63, 3.8) is 0 Å². The molecule has 3 N–H and O–H groups in total. The smallest absolute Gasteiger partial charge is 0.322 e. The van der Waals surface area contributed by atoms with Gasteiger partial charge in [-0.15, -0.1) is 0 Å². The number of alkyl halides is 2. The minimum atomic E-state index is -2.86. The number of nitrogens with two attached hydrogens (primary N) is 1. The molecule has 0 unspecified atom stereocenters. The van der Waals surface area contributed by atoms with E-state index >= 15 is 4.39 Å². The number of anilines is 1. The number of halogens is 4. The maximum Gasteiger partial charge on any atom is 0.322 e. The first-order chi connectivity index (χ1) is 20.6. The standard InChI is InChI=1S/C30H21ClF3N7O2/c1-3-23(42)38-13-15-4-6-18(19(31)10-15)27-24(25-26(41(27)2)17(12-35)14-39-29(25)36)16-5-7-22(20(32)11-16)43-30-37-9-8-21(40-30)28(33)34/h3-11,14,28H,1,13H2,2H3,(H2,36,39)(H,38,42). The molecule has 0 fully saturated rings. The van der Waals surface area contributed by atoms with E-state index in [9.17, 15) is 18.8 Å². The first kappa shape index (κ1) is 29.1. The Bertz CT molecular complexity index is 1950. The minimum absolute atomic E-state index is 0.101. The van der Waals surface area contributed by atoms with E-state index in [-0.39, 0.29) is 29.6 Å². The molecule has 3 aromatic heterocycles. The molecule has 43 heavy (non-hydrogen) atoms. The number of carbonyl (C=O) groups excluding carboxylic acids is 1. The number of benzene rings is 2. The number of nitriles is 1. The van der Waals surface area contributed by atoms with Crippen LogP contribution in [0.25, 0.3) is 33.3 Å². The largest absolute Gasteiger partial charge is 0.421 e. The first-order valence-corrected chi connectivity index (χ1v) is 13.0. The molecule has 0 atom stereocenters. The van der Waals surface area contributed by atoms with Crippen LogP contribution in [-0.2, 0) is 18.4 Å². The number of nitrogens with zero attached hydrogens (tertiary/aromatic N) is 5. The first-order valence-electron chi connectivity index (χ1n) is 12.6. The maximum absolute atomic E-state index is 15.5. The second-order valence-electron chi connectivity index (χ2n) is 9.22. The van der Waals surface area contributed by atoms with Crippen LogP contribution in [0.2, 0.25) is 5.02 Å². The van der Waals surface area contributed by atoms with Crippen LogP contribution >= 0.6 is 11.6 Å². The highest BCUT2D eigenvalue weighted by molar-refractivity contribution is 6.34. The van der Waals surface area contributed by atoms with Crippen molar-refractivity contribution in [1.82, 2.24) is 24.8 Å². The van der Waals surface area contributed by atoms with Crippen LogP contribution in [0, 0.1) is 17.1 Å². The van der Waals surface area contributed by atoms with Crippen molar-refractivity contribution in [1.29, 1.82) is 5.26 Å². The van der Waals surface area contributed by atoms with Gasteiger partial charge in [-0.25, -0.2) is 23.1 Å². The van der Waals surface area contributed by atoms with Crippen molar-refractivity contribution >= 4 is 34.2 Å². The van der Waals surface area contributed by atoms with Crippen molar-refractivity contribution in [2.24, 2.45) is 7.05 Å². The third-order valence-electron chi connectivity index (χ3n) is 6.60. The van der Waals surface area contributed by atoms with Gasteiger partial charge in [0, 0.05) is 37.1 Å². The van der Waals surface area contributed by atoms with Crippen molar-refractivity contribution in [2.45, 2.75) is 13.0 Å². The molecule has 0 saturated carbocycles. The van der Waals surface area contributed by atoms with Gasteiger partial charge >= 0.3 is 6.01 Å². The number of carbonyl (C=O) groups is 1. The second-order valence-corrected chi connectivity index (χ2v) is 9.63. The SMILES string of the molecule is C=CC(=O)NCc1ccc(-c2c(-c3ccc(Oc4nccc(C(F)F)n4)c(F)c3)c3c(N)ncc(C#N)c3n2C)c(Cl)c1. The molecule has 216 valence electrons. The molecule has 0 radical (unpaired) electrons. The number of nitrogens with one attached hydrogen (secondary N) is 1. The summed E-state index contributed by atoms with van der Waals surface area (Å²) in [5.74, 6) is -1.38. The van der Waals surface area contributed by atoms with E-state index in [1.165, 1.54) is 18.3 Å². The van der Waals surface area contributed by atoms with Gasteiger partial charge in [0.25, 0.3) is 6.43 Å². The normalized spacial score (nSPS) is 11.0. The Hall–Kier alpha value is -5.41. The van der Waals surface area contributed by atoms with Gasteiger partial charge in [-0.2, -0.15) is 10.2 Å². The van der Waals surface area contributed by atoms with E-state index < -0.39 is 23.9 Å². The average Bonchev–Trinajstić information content (AvgIpc) is 3.30. The fraction of sp³-hybridized carbons (Fsp3) is 0.100. The molecular formula is C30H21ClF3N7O2. The van der Waals surface area contributed by atoms with Crippen LogP contribution in [-0.4, -0.2) is 25.4 Å². The number of hydrogen-bond acceptors (Lipinski definition) is 7. The zero-order valence-corrected chi connectivity index (χ0v) is 23.2. The molecule has 0 aliphatic heterocycles. The molecule has 2 aromatic carbocycles. The van der Waals surface area contributed by atoms with Gasteiger partial charge in [0.1, 0.15) is 17.6 Å². The molecule has 0 aliphatic rings. The minimum Gasteiger partial charge on any atom is -0.421 e. The van der Waals surface area contributed by atoms with E-state index in [0.29, 0.717) is 43.9 Å². The van der Waals surface area contributed by atoms with Crippen LogP contribution in [0.4, 0.5) is 19.0 Å². The topological polar surface area (TPSA) is 132 Å². The lowest BCUT2D eigenvalue weighted by molar-refractivity contribution is -0.116. The Balaban J connectivity index is 1.66. The summed E-state index contributed by atoms with van der Waals surface area (Å²) in [6.07, 6.45) is 0.741. The number of aromatic nitrogens is 4. The Morgan fingerprint density at radius 2 is 2.05 bits per heavy atom. The number of fused-ring (bicyclic) bond motifs is 1. The summed E-state index contributed by atoms with van der Waals surface area (Å²) >= 11 is 6.75. The van der Waals surface area contributed by atoms with Gasteiger partial charge < -0.3 is 20.4 Å². The van der Waals surface area contributed by atoms with Crippen LogP contribution in [0.15, 0.2) is 67.5 Å². The highest BCUT2D eigenvalue weighted by Gasteiger charge is 2.25. The van der Waals surface area contributed by atoms with Gasteiger partial charge in [-0.05, 0) is 41.5 Å². The predicted octanol–water partition coefficient (Wildman–Crippen LogP) is 6.48. The Morgan fingerprint density at radius 3 is 2.72 bits per heavy atom. The highest BCUT2D eigenvalue weighted by atomic mass is 35.5. The zero-order valence-electron chi connectivity index (χ0n) is 22.4. The third kappa shape index (κ3) is 5.58. The summed E-state index contributed by atoms with van der Waals surface area (Å²) < 4.78 is 48.7. The molecule has 9 nitrogen and oxygen atoms in total. The Kier molecular flexibility index (Phi) is 8.00. The summed E-state index contributed by atoms with van der Waals surface area (Å²) in [4.78, 5) is 23.2. The molecule has 5 rings (SSSR count). The molecule has 13 heteroatoms. The number of pyridine rings is 1. The molecule has 3 heterocycles. The third-order valence-corrected chi connectivity index (χ3v) is 6.91. The fourth-order valence-corrected chi connectivity index (χ4v) is 4.96. The van der Waals surface area contributed by atoms with Gasteiger partial charge in [-0.3, -0.25) is 4.79 Å². The fourth-order valence-electron chi connectivity index (χ4n) is 4.67. The van der Waals surface area contributed by atoms with Crippen molar-refractivity contribution in [3.8, 4) is 40.2 Å². The summed E-state index contributed by atoms with van der Waals surface area (Å²) in [6, 6.07) is 11.9. The number of aryl methyl sites for hydroxylation is 1. The van der Waals surface area contributed by atoms with Crippen LogP contribution in [0.3, 0.4) is 0 Å². The Labute approximate surface area is 248 Å². The summed E-state index contributed by atoms with van der Waals surface area (Å²) in [5, 5.41) is 13.2. The quantitative estimate of drug-likeness (QED) is 0.194. The van der Waals surface area contributed by atoms with Gasteiger partial charge in [-0.1, -0.05) is 36.4 Å². The molecule has 0 spiro atoms.